The largest absolute Gasteiger partial charge is 0.390 e. The van der Waals surface area contributed by atoms with Crippen LogP contribution in [0.5, 0.6) is 0 Å². The van der Waals surface area contributed by atoms with E-state index in [1.807, 2.05) is 13.0 Å². The highest BCUT2D eigenvalue weighted by atomic mass is 16.5. The zero-order valence-electron chi connectivity index (χ0n) is 13.2. The number of hydrogen-bond donors (Lipinski definition) is 1. The summed E-state index contributed by atoms with van der Waals surface area (Å²) in [5, 5.41) is 12.2. The molecule has 0 heterocycles. The molecule has 1 saturated carbocycles. The number of nitrogens with zero attached hydrogens (tertiary/aromatic N) is 2. The summed E-state index contributed by atoms with van der Waals surface area (Å²) >= 11 is 0. The molecular formula is C16H27N3O2. The van der Waals surface area contributed by atoms with Crippen molar-refractivity contribution >= 4 is 5.91 Å². The van der Waals surface area contributed by atoms with Gasteiger partial charge in [0.25, 0.3) is 5.91 Å². The molecular weight excluding hydrogens is 266 g/mol. The standard InChI is InChI=1S/C16H27N3O2/c1-3-21-11-7-10-18-13-14(12-17)16(20)19(2)15-8-5-4-6-9-15/h13,15,18H,3-11H2,1-2H3/b14-13-. The van der Waals surface area contributed by atoms with E-state index in [-0.39, 0.29) is 17.5 Å². The fraction of sp³-hybridized carbons (Fsp3) is 0.750. The number of amides is 1. The second kappa shape index (κ2) is 10.2. The summed E-state index contributed by atoms with van der Waals surface area (Å²) in [5.74, 6) is -0.179. The maximum atomic E-state index is 12.3. The number of carbonyl (C=O) groups is 1. The van der Waals surface area contributed by atoms with E-state index in [0.717, 1.165) is 19.3 Å². The average molecular weight is 293 g/mol. The summed E-state index contributed by atoms with van der Waals surface area (Å²) < 4.78 is 5.23. The molecule has 1 fully saturated rings. The van der Waals surface area contributed by atoms with Crippen LogP contribution in [-0.4, -0.2) is 43.7 Å². The van der Waals surface area contributed by atoms with E-state index < -0.39 is 0 Å². The first-order valence-electron chi connectivity index (χ1n) is 7.89. The van der Waals surface area contributed by atoms with Crippen LogP contribution in [0.1, 0.15) is 45.4 Å². The molecule has 0 aromatic carbocycles. The number of likely N-dealkylation sites (N-methyl/N-ethyl adjacent to an activating group) is 1. The van der Waals surface area contributed by atoms with Gasteiger partial charge in [0.05, 0.1) is 0 Å². The monoisotopic (exact) mass is 293 g/mol. The van der Waals surface area contributed by atoms with Crippen molar-refractivity contribution in [3.05, 3.63) is 11.8 Å². The molecule has 0 radical (unpaired) electrons. The number of nitrogens with one attached hydrogen (secondary N) is 1. The molecule has 0 aliphatic heterocycles. The molecule has 118 valence electrons. The Kier molecular flexibility index (Phi) is 8.53. The predicted molar refractivity (Wildman–Crippen MR) is 82.5 cm³/mol. The van der Waals surface area contributed by atoms with Gasteiger partial charge in [-0.25, -0.2) is 0 Å². The molecule has 1 aliphatic rings. The van der Waals surface area contributed by atoms with Crippen LogP contribution in [0.25, 0.3) is 0 Å². The molecule has 21 heavy (non-hydrogen) atoms. The third-order valence-corrected chi connectivity index (χ3v) is 3.85. The second-order valence-electron chi connectivity index (χ2n) is 5.38. The first kappa shape index (κ1) is 17.5. The smallest absolute Gasteiger partial charge is 0.265 e. The number of hydrogen-bond acceptors (Lipinski definition) is 4. The highest BCUT2D eigenvalue weighted by Crippen LogP contribution is 2.22. The number of rotatable bonds is 8. The summed E-state index contributed by atoms with van der Waals surface area (Å²) in [6, 6.07) is 2.28. The van der Waals surface area contributed by atoms with Crippen LogP contribution in [0, 0.1) is 11.3 Å². The number of carbonyl (C=O) groups excluding carboxylic acids is 1. The lowest BCUT2D eigenvalue weighted by molar-refractivity contribution is -0.128. The third-order valence-electron chi connectivity index (χ3n) is 3.85. The van der Waals surface area contributed by atoms with Crippen molar-refractivity contribution in [2.24, 2.45) is 0 Å². The summed E-state index contributed by atoms with van der Waals surface area (Å²) in [6.45, 7) is 4.06. The molecule has 0 aromatic heterocycles. The first-order valence-corrected chi connectivity index (χ1v) is 7.89. The van der Waals surface area contributed by atoms with Gasteiger partial charge in [0.1, 0.15) is 11.6 Å². The van der Waals surface area contributed by atoms with Crippen molar-refractivity contribution in [1.82, 2.24) is 10.2 Å². The fourth-order valence-corrected chi connectivity index (χ4v) is 2.56. The summed E-state index contributed by atoms with van der Waals surface area (Å²) in [4.78, 5) is 14.0. The summed E-state index contributed by atoms with van der Waals surface area (Å²) in [6.07, 6.45) is 8.07. The lowest BCUT2D eigenvalue weighted by Gasteiger charge is -2.31. The Bertz CT molecular complexity index is 381. The third kappa shape index (κ3) is 6.17. The molecule has 1 N–H and O–H groups in total. The van der Waals surface area contributed by atoms with Crippen LogP contribution < -0.4 is 5.32 Å². The van der Waals surface area contributed by atoms with Gasteiger partial charge >= 0.3 is 0 Å². The molecule has 0 atom stereocenters. The van der Waals surface area contributed by atoms with Crippen molar-refractivity contribution in [2.45, 2.75) is 51.5 Å². The maximum absolute atomic E-state index is 12.3. The minimum Gasteiger partial charge on any atom is -0.390 e. The lowest BCUT2D eigenvalue weighted by atomic mass is 9.94. The van der Waals surface area contributed by atoms with Gasteiger partial charge in [0, 0.05) is 39.0 Å². The van der Waals surface area contributed by atoms with Crippen LogP contribution in [-0.2, 0) is 9.53 Å². The van der Waals surface area contributed by atoms with E-state index in [4.69, 9.17) is 10.00 Å². The zero-order chi connectivity index (χ0) is 15.5. The Balaban J connectivity index is 2.42. The van der Waals surface area contributed by atoms with Crippen LogP contribution >= 0.6 is 0 Å². The molecule has 5 heteroatoms. The van der Waals surface area contributed by atoms with Crippen LogP contribution in [0.4, 0.5) is 0 Å². The molecule has 1 aliphatic carbocycles. The fourth-order valence-electron chi connectivity index (χ4n) is 2.56. The van der Waals surface area contributed by atoms with Gasteiger partial charge in [-0.05, 0) is 26.2 Å². The SMILES string of the molecule is CCOCCCN/C=C(/C#N)C(=O)N(C)C1CCCCC1. The van der Waals surface area contributed by atoms with Gasteiger partial charge in [-0.3, -0.25) is 4.79 Å². The van der Waals surface area contributed by atoms with Gasteiger partial charge < -0.3 is 15.0 Å². The molecule has 0 spiro atoms. The molecule has 0 bridgehead atoms. The van der Waals surface area contributed by atoms with Crippen molar-refractivity contribution in [1.29, 1.82) is 5.26 Å². The highest BCUT2D eigenvalue weighted by Gasteiger charge is 2.24. The Morgan fingerprint density at radius 3 is 2.76 bits per heavy atom. The average Bonchev–Trinajstić information content (AvgIpc) is 2.54. The minimum absolute atomic E-state index is 0.179. The van der Waals surface area contributed by atoms with Gasteiger partial charge in [-0.15, -0.1) is 0 Å². The molecule has 0 saturated heterocycles. The van der Waals surface area contributed by atoms with E-state index in [2.05, 4.69) is 5.32 Å². The Labute approximate surface area is 127 Å². The first-order chi connectivity index (χ1) is 10.2. The second-order valence-corrected chi connectivity index (χ2v) is 5.38. The number of nitriles is 1. The van der Waals surface area contributed by atoms with E-state index in [1.165, 1.54) is 25.5 Å². The van der Waals surface area contributed by atoms with Crippen LogP contribution in [0.15, 0.2) is 11.8 Å². The van der Waals surface area contributed by atoms with E-state index in [0.29, 0.717) is 19.8 Å². The van der Waals surface area contributed by atoms with Gasteiger partial charge in [0.2, 0.25) is 0 Å². The van der Waals surface area contributed by atoms with Crippen LogP contribution in [0.2, 0.25) is 0 Å². The summed E-state index contributed by atoms with van der Waals surface area (Å²) in [5.41, 5.74) is 0.180. The molecule has 0 aromatic rings. The maximum Gasteiger partial charge on any atom is 0.265 e. The van der Waals surface area contributed by atoms with E-state index in [1.54, 1.807) is 11.9 Å². The Morgan fingerprint density at radius 2 is 2.14 bits per heavy atom. The molecule has 5 nitrogen and oxygen atoms in total. The van der Waals surface area contributed by atoms with E-state index in [9.17, 15) is 4.79 Å². The normalized spacial score (nSPS) is 16.3. The molecule has 0 unspecified atom stereocenters. The predicted octanol–water partition coefficient (Wildman–Crippen LogP) is 2.20. The lowest BCUT2D eigenvalue weighted by Crippen LogP contribution is -2.39. The number of ether oxygens (including phenoxy) is 1. The van der Waals surface area contributed by atoms with Gasteiger partial charge in [-0.1, -0.05) is 19.3 Å². The highest BCUT2D eigenvalue weighted by molar-refractivity contribution is 5.97. The summed E-state index contributed by atoms with van der Waals surface area (Å²) in [7, 11) is 1.80. The topological polar surface area (TPSA) is 65.4 Å². The quantitative estimate of drug-likeness (QED) is 0.423. The zero-order valence-corrected chi connectivity index (χ0v) is 13.2. The van der Waals surface area contributed by atoms with Crippen LogP contribution in [0.3, 0.4) is 0 Å². The van der Waals surface area contributed by atoms with Crippen molar-refractivity contribution in [2.75, 3.05) is 26.8 Å². The van der Waals surface area contributed by atoms with Crippen molar-refractivity contribution < 1.29 is 9.53 Å². The van der Waals surface area contributed by atoms with Gasteiger partial charge in [0.15, 0.2) is 0 Å². The van der Waals surface area contributed by atoms with Crippen molar-refractivity contribution in [3.63, 3.8) is 0 Å². The minimum atomic E-state index is -0.179. The Hall–Kier alpha value is -1.54. The molecule has 1 rings (SSSR count). The Morgan fingerprint density at radius 1 is 1.43 bits per heavy atom. The molecule has 1 amide bonds. The van der Waals surface area contributed by atoms with Crippen molar-refractivity contribution in [3.8, 4) is 6.07 Å². The van der Waals surface area contributed by atoms with Gasteiger partial charge in [-0.2, -0.15) is 5.26 Å². The van der Waals surface area contributed by atoms with E-state index >= 15 is 0 Å².